The number of para-hydroxylation sites is 1. The van der Waals surface area contributed by atoms with Gasteiger partial charge in [0, 0.05) is 30.6 Å². The van der Waals surface area contributed by atoms with Crippen molar-refractivity contribution in [3.63, 3.8) is 0 Å². The number of aromatic hydroxyl groups is 1. The van der Waals surface area contributed by atoms with Crippen LogP contribution in [0.1, 0.15) is 49.6 Å². The van der Waals surface area contributed by atoms with Crippen LogP contribution in [0, 0.1) is 0 Å². The number of nitrogen functional groups attached to an aromatic ring is 1. The Hall–Kier alpha value is -3.79. The van der Waals surface area contributed by atoms with Gasteiger partial charge in [-0.15, -0.1) is 0 Å². The van der Waals surface area contributed by atoms with Gasteiger partial charge in [0.2, 0.25) is 6.08 Å². The summed E-state index contributed by atoms with van der Waals surface area (Å²) in [7, 11) is -4.86. The van der Waals surface area contributed by atoms with Gasteiger partial charge in [0.1, 0.15) is 11.3 Å². The maximum absolute atomic E-state index is 11.4. The highest BCUT2D eigenvalue weighted by atomic mass is 31.2. The maximum Gasteiger partial charge on any atom is 0.524 e. The molecule has 2 aromatic carbocycles. The van der Waals surface area contributed by atoms with Crippen molar-refractivity contribution in [1.29, 1.82) is 0 Å². The van der Waals surface area contributed by atoms with Crippen molar-refractivity contribution in [2.75, 3.05) is 25.5 Å². The first-order valence-corrected chi connectivity index (χ1v) is 15.0. The lowest BCUT2D eigenvalue weighted by atomic mass is 10.1. The fraction of sp³-hybridized carbons (Fsp3) is 0.393. The lowest BCUT2D eigenvalue weighted by Gasteiger charge is -2.15. The summed E-state index contributed by atoms with van der Waals surface area (Å²) in [5.74, 6) is 0.407. The summed E-state index contributed by atoms with van der Waals surface area (Å²) >= 11 is 0. The third-order valence-corrected chi connectivity index (χ3v) is 7.04. The molecule has 41 heavy (non-hydrogen) atoms. The zero-order chi connectivity index (χ0) is 29.4. The second-order valence-electron chi connectivity index (χ2n) is 9.65. The summed E-state index contributed by atoms with van der Waals surface area (Å²) in [6.45, 7) is 3.79. The average Bonchev–Trinajstić information content (AvgIpc) is 3.29. The van der Waals surface area contributed by atoms with Gasteiger partial charge in [-0.05, 0) is 43.4 Å². The molecule has 2 aromatic heterocycles. The number of carbonyl (C=O) groups excluding carboxylic acids is 1. The van der Waals surface area contributed by atoms with Crippen molar-refractivity contribution in [1.82, 2.24) is 14.5 Å². The van der Waals surface area contributed by atoms with Crippen molar-refractivity contribution >= 4 is 41.7 Å². The molecule has 13 heteroatoms. The van der Waals surface area contributed by atoms with E-state index in [4.69, 9.17) is 15.5 Å². The van der Waals surface area contributed by atoms with E-state index in [-0.39, 0.29) is 18.0 Å². The van der Waals surface area contributed by atoms with Crippen molar-refractivity contribution in [3.05, 3.63) is 53.3 Å². The zero-order valence-corrected chi connectivity index (χ0v) is 23.7. The number of unbranched alkanes of at least 4 members (excludes halogenated alkanes) is 1. The quantitative estimate of drug-likeness (QED) is 0.0677. The van der Waals surface area contributed by atoms with Gasteiger partial charge >= 0.3 is 7.82 Å². The molecule has 0 atom stereocenters. The number of imidazole rings is 1. The number of phenolic OH excluding ortho intramolecular Hbond substituents is 1. The van der Waals surface area contributed by atoms with E-state index in [9.17, 15) is 24.3 Å². The number of nitrogens with two attached hydrogens (primary N) is 1. The summed E-state index contributed by atoms with van der Waals surface area (Å²) in [4.78, 5) is 41.5. The van der Waals surface area contributed by atoms with Gasteiger partial charge in [0.05, 0.1) is 24.1 Å². The Balaban J connectivity index is 1.65. The molecule has 4 rings (SSSR count). The standard InChI is InChI=1S/C28H34N5O7P/c1-2-3-10-24-32-25-26(33(24)17-20-8-4-9-23(27(20)35)40-41(36,37)38)21-12-11-19(16-22(21)31-28(25)29)7-5-14-39-15-6-13-30-18-34/h4,8-9,11-12,16,35H,2-3,5-7,10,13-15,17H2,1H3,(H2,29,31)(H2,36,37,38). The minimum absolute atomic E-state index is 0.176. The molecule has 0 aliphatic carbocycles. The molecule has 0 fully saturated rings. The molecule has 218 valence electrons. The molecule has 0 aliphatic heterocycles. The highest BCUT2D eigenvalue weighted by molar-refractivity contribution is 7.46. The van der Waals surface area contributed by atoms with Crippen LogP contribution in [-0.4, -0.2) is 55.3 Å². The van der Waals surface area contributed by atoms with E-state index in [2.05, 4.69) is 21.4 Å². The number of aliphatic imine (C=N–C) groups is 1. The number of hydrogen-bond donors (Lipinski definition) is 4. The number of aryl methyl sites for hydroxylation is 2. The Morgan fingerprint density at radius 1 is 1.10 bits per heavy atom. The maximum atomic E-state index is 11.4. The monoisotopic (exact) mass is 583 g/mol. The number of nitrogens with zero attached hydrogens (tertiary/aromatic N) is 4. The average molecular weight is 584 g/mol. The predicted molar refractivity (Wildman–Crippen MR) is 155 cm³/mol. The smallest absolute Gasteiger partial charge is 0.504 e. The first kappa shape index (κ1) is 30.2. The first-order chi connectivity index (χ1) is 19.7. The van der Waals surface area contributed by atoms with Crippen LogP contribution >= 0.6 is 7.82 Å². The minimum Gasteiger partial charge on any atom is -0.504 e. The van der Waals surface area contributed by atoms with Gasteiger partial charge in [-0.1, -0.05) is 37.6 Å². The number of benzene rings is 2. The van der Waals surface area contributed by atoms with Crippen LogP contribution in [0.4, 0.5) is 5.82 Å². The van der Waals surface area contributed by atoms with Crippen LogP contribution in [0.25, 0.3) is 21.9 Å². The molecule has 0 saturated heterocycles. The minimum atomic E-state index is -4.86. The van der Waals surface area contributed by atoms with Crippen LogP contribution in [0.2, 0.25) is 0 Å². The first-order valence-electron chi connectivity index (χ1n) is 13.5. The Kier molecular flexibility index (Phi) is 10.1. The fourth-order valence-electron chi connectivity index (χ4n) is 4.69. The van der Waals surface area contributed by atoms with Gasteiger partial charge in [0.15, 0.2) is 17.3 Å². The number of isocyanates is 1. The summed E-state index contributed by atoms with van der Waals surface area (Å²) in [5, 5.41) is 11.6. The SMILES string of the molecule is CCCCc1nc2c(N)nc3cc(CCCOCCCN=C=O)ccc3c2n1Cc1cccc(OP(=O)(O)O)c1O. The number of aromatic nitrogens is 3. The summed E-state index contributed by atoms with van der Waals surface area (Å²) in [6.07, 6.45) is 6.30. The third-order valence-electron chi connectivity index (χ3n) is 6.61. The number of hydrogen-bond acceptors (Lipinski definition) is 9. The number of phosphoric acid groups is 1. The lowest BCUT2D eigenvalue weighted by molar-refractivity contribution is 0.131. The number of rotatable bonds is 15. The summed E-state index contributed by atoms with van der Waals surface area (Å²) in [5.41, 5.74) is 9.93. The van der Waals surface area contributed by atoms with Crippen LogP contribution in [0.5, 0.6) is 11.5 Å². The molecule has 0 radical (unpaired) electrons. The van der Waals surface area contributed by atoms with E-state index in [0.717, 1.165) is 48.0 Å². The summed E-state index contributed by atoms with van der Waals surface area (Å²) < 4.78 is 23.7. The molecule has 0 bridgehead atoms. The van der Waals surface area contributed by atoms with Crippen LogP contribution in [-0.2, 0) is 33.5 Å². The van der Waals surface area contributed by atoms with E-state index >= 15 is 0 Å². The molecule has 2 heterocycles. The van der Waals surface area contributed by atoms with E-state index < -0.39 is 7.82 Å². The van der Waals surface area contributed by atoms with Gasteiger partial charge in [-0.25, -0.2) is 24.3 Å². The lowest BCUT2D eigenvalue weighted by Crippen LogP contribution is -2.07. The van der Waals surface area contributed by atoms with Crippen LogP contribution in [0.3, 0.4) is 0 Å². The zero-order valence-electron chi connectivity index (χ0n) is 22.8. The van der Waals surface area contributed by atoms with E-state index in [1.165, 1.54) is 12.1 Å². The second kappa shape index (κ2) is 13.7. The second-order valence-corrected chi connectivity index (χ2v) is 10.8. The molecular weight excluding hydrogens is 549 g/mol. The number of ether oxygens (including phenoxy) is 1. The third kappa shape index (κ3) is 7.70. The Labute approximate surface area is 237 Å². The highest BCUT2D eigenvalue weighted by Gasteiger charge is 2.22. The van der Waals surface area contributed by atoms with Crippen molar-refractivity contribution < 1.29 is 33.5 Å². The normalized spacial score (nSPS) is 11.7. The number of pyridine rings is 1. The van der Waals surface area contributed by atoms with E-state index in [1.54, 1.807) is 12.1 Å². The van der Waals surface area contributed by atoms with Crippen molar-refractivity contribution in [3.8, 4) is 11.5 Å². The van der Waals surface area contributed by atoms with Crippen molar-refractivity contribution in [2.45, 2.75) is 52.0 Å². The molecule has 4 aromatic rings. The highest BCUT2D eigenvalue weighted by Crippen LogP contribution is 2.43. The molecule has 0 saturated carbocycles. The van der Waals surface area contributed by atoms with Crippen LogP contribution < -0.4 is 10.3 Å². The number of phenols is 1. The Morgan fingerprint density at radius 2 is 1.90 bits per heavy atom. The molecule has 12 nitrogen and oxygen atoms in total. The topological polar surface area (TPSA) is 182 Å². The van der Waals surface area contributed by atoms with Gasteiger partial charge in [0.25, 0.3) is 0 Å². The molecule has 0 unspecified atom stereocenters. The van der Waals surface area contributed by atoms with E-state index in [0.29, 0.717) is 55.0 Å². The summed E-state index contributed by atoms with van der Waals surface area (Å²) in [6, 6.07) is 10.6. The van der Waals surface area contributed by atoms with Gasteiger partial charge < -0.3 is 24.7 Å². The number of fused-ring (bicyclic) bond motifs is 3. The van der Waals surface area contributed by atoms with Gasteiger partial charge in [-0.3, -0.25) is 9.79 Å². The predicted octanol–water partition coefficient (Wildman–Crippen LogP) is 4.41. The Bertz CT molecular complexity index is 1610. The van der Waals surface area contributed by atoms with E-state index in [1.807, 2.05) is 22.8 Å². The molecule has 0 aliphatic rings. The molecule has 0 amide bonds. The molecular formula is C28H34N5O7P. The van der Waals surface area contributed by atoms with Crippen LogP contribution in [0.15, 0.2) is 41.4 Å². The number of anilines is 1. The molecule has 5 N–H and O–H groups in total. The van der Waals surface area contributed by atoms with Crippen molar-refractivity contribution in [2.24, 2.45) is 4.99 Å². The van der Waals surface area contributed by atoms with Gasteiger partial charge in [-0.2, -0.15) is 0 Å². The molecule has 0 spiro atoms. The fourth-order valence-corrected chi connectivity index (χ4v) is 5.10. The number of phosphoric ester groups is 1. The largest absolute Gasteiger partial charge is 0.524 e. The Morgan fingerprint density at radius 3 is 2.66 bits per heavy atom.